The molecule has 2 N–H and O–H groups in total. The fourth-order valence-electron chi connectivity index (χ4n) is 1.86. The molecule has 0 aliphatic carbocycles. The molecule has 5 nitrogen and oxygen atoms in total. The lowest BCUT2D eigenvalue weighted by atomic mass is 10.3. The van der Waals surface area contributed by atoms with Gasteiger partial charge in [0.05, 0.1) is 0 Å². The summed E-state index contributed by atoms with van der Waals surface area (Å²) in [7, 11) is -1.77. The molecule has 20 heavy (non-hydrogen) atoms. The first-order valence-corrected chi connectivity index (χ1v) is 9.15. The van der Waals surface area contributed by atoms with Crippen molar-refractivity contribution in [3.8, 4) is 0 Å². The smallest absolute Gasteiger partial charge is 0.241 e. The van der Waals surface area contributed by atoms with Gasteiger partial charge in [-0.1, -0.05) is 6.92 Å². The fraction of sp³-hybridized carbons (Fsp3) is 0.692. The van der Waals surface area contributed by atoms with Crippen molar-refractivity contribution in [3.05, 3.63) is 15.8 Å². The van der Waals surface area contributed by atoms with Crippen molar-refractivity contribution in [2.24, 2.45) is 0 Å². The molecule has 0 bridgehead atoms. The maximum atomic E-state index is 12.4. The molecular weight excluding hydrogens is 296 g/mol. The SMILES string of the molecule is CCNCc1scc(C)c1S(=O)(=O)NCCCCOC. The molecule has 0 aliphatic rings. The third-order valence-corrected chi connectivity index (χ3v) is 5.78. The molecule has 0 atom stereocenters. The molecule has 0 radical (unpaired) electrons. The van der Waals surface area contributed by atoms with E-state index >= 15 is 0 Å². The van der Waals surface area contributed by atoms with Crippen LogP contribution in [0.4, 0.5) is 0 Å². The van der Waals surface area contributed by atoms with E-state index in [1.807, 2.05) is 19.2 Å². The van der Waals surface area contributed by atoms with Gasteiger partial charge in [-0.15, -0.1) is 11.3 Å². The molecule has 1 aromatic rings. The predicted molar refractivity (Wildman–Crippen MR) is 82.7 cm³/mol. The Morgan fingerprint density at radius 2 is 2.10 bits per heavy atom. The van der Waals surface area contributed by atoms with Gasteiger partial charge in [-0.25, -0.2) is 13.1 Å². The number of hydrogen-bond donors (Lipinski definition) is 2. The van der Waals surface area contributed by atoms with Gasteiger partial charge in [-0.05, 0) is 37.3 Å². The maximum absolute atomic E-state index is 12.4. The second-order valence-electron chi connectivity index (χ2n) is 4.55. The normalized spacial score (nSPS) is 11.9. The van der Waals surface area contributed by atoms with E-state index in [1.54, 1.807) is 7.11 Å². The third-order valence-electron chi connectivity index (χ3n) is 2.86. The van der Waals surface area contributed by atoms with Crippen LogP contribution in [0.5, 0.6) is 0 Å². The van der Waals surface area contributed by atoms with Gasteiger partial charge >= 0.3 is 0 Å². The first kappa shape index (κ1) is 17.6. The molecule has 1 heterocycles. The molecule has 0 saturated heterocycles. The molecule has 1 rings (SSSR count). The number of hydrogen-bond acceptors (Lipinski definition) is 5. The van der Waals surface area contributed by atoms with Gasteiger partial charge in [-0.3, -0.25) is 0 Å². The molecule has 1 aromatic heterocycles. The average molecular weight is 320 g/mol. The minimum absolute atomic E-state index is 0.440. The monoisotopic (exact) mass is 320 g/mol. The zero-order valence-electron chi connectivity index (χ0n) is 12.4. The largest absolute Gasteiger partial charge is 0.385 e. The zero-order valence-corrected chi connectivity index (χ0v) is 14.0. The second-order valence-corrected chi connectivity index (χ2v) is 7.22. The minimum Gasteiger partial charge on any atom is -0.385 e. The van der Waals surface area contributed by atoms with Crippen molar-refractivity contribution < 1.29 is 13.2 Å². The van der Waals surface area contributed by atoms with E-state index in [-0.39, 0.29) is 0 Å². The number of unbranched alkanes of at least 4 members (excludes halogenated alkanes) is 1. The summed E-state index contributed by atoms with van der Waals surface area (Å²) in [6, 6.07) is 0. The number of ether oxygens (including phenoxy) is 1. The van der Waals surface area contributed by atoms with Crippen molar-refractivity contribution in [1.82, 2.24) is 10.0 Å². The van der Waals surface area contributed by atoms with Crippen LogP contribution in [-0.4, -0.2) is 35.2 Å². The highest BCUT2D eigenvalue weighted by Crippen LogP contribution is 2.26. The Labute approximate surface area is 125 Å². The molecule has 0 spiro atoms. The lowest BCUT2D eigenvalue weighted by Crippen LogP contribution is -2.26. The maximum Gasteiger partial charge on any atom is 0.241 e. The summed E-state index contributed by atoms with van der Waals surface area (Å²) in [6.07, 6.45) is 1.63. The summed E-state index contributed by atoms with van der Waals surface area (Å²) in [5, 5.41) is 5.07. The van der Waals surface area contributed by atoms with Gasteiger partial charge in [-0.2, -0.15) is 0 Å². The van der Waals surface area contributed by atoms with Crippen LogP contribution in [0.3, 0.4) is 0 Å². The molecule has 0 unspecified atom stereocenters. The fourth-order valence-corrected chi connectivity index (χ4v) is 4.71. The van der Waals surface area contributed by atoms with Gasteiger partial charge in [0.2, 0.25) is 10.0 Å². The lowest BCUT2D eigenvalue weighted by Gasteiger charge is -2.09. The Kier molecular flexibility index (Phi) is 7.68. The van der Waals surface area contributed by atoms with E-state index in [2.05, 4.69) is 10.0 Å². The van der Waals surface area contributed by atoms with Crippen LogP contribution in [0.1, 0.15) is 30.2 Å². The Hall–Kier alpha value is -0.470. The summed E-state index contributed by atoms with van der Waals surface area (Å²) >= 11 is 1.49. The van der Waals surface area contributed by atoms with Gasteiger partial charge in [0.15, 0.2) is 0 Å². The van der Waals surface area contributed by atoms with Gasteiger partial charge < -0.3 is 10.1 Å². The van der Waals surface area contributed by atoms with Crippen LogP contribution in [0, 0.1) is 6.92 Å². The van der Waals surface area contributed by atoms with Crippen molar-refractivity contribution in [3.63, 3.8) is 0 Å². The summed E-state index contributed by atoms with van der Waals surface area (Å²) < 4.78 is 32.4. The zero-order chi connectivity index (χ0) is 15.0. The Balaban J connectivity index is 2.68. The standard InChI is InChI=1S/C13H24N2O3S2/c1-4-14-9-12-13(11(2)10-19-12)20(16,17)15-7-5-6-8-18-3/h10,14-15H,4-9H2,1-3H3. The number of sulfonamides is 1. The first-order valence-electron chi connectivity index (χ1n) is 6.79. The number of aryl methyl sites for hydroxylation is 1. The minimum atomic E-state index is -3.42. The topological polar surface area (TPSA) is 67.4 Å². The Morgan fingerprint density at radius 3 is 2.75 bits per heavy atom. The van der Waals surface area contributed by atoms with E-state index in [0.717, 1.165) is 29.8 Å². The number of nitrogens with one attached hydrogen (secondary N) is 2. The van der Waals surface area contributed by atoms with Gasteiger partial charge in [0.1, 0.15) is 4.90 Å². The van der Waals surface area contributed by atoms with E-state index in [9.17, 15) is 8.42 Å². The van der Waals surface area contributed by atoms with Crippen LogP contribution < -0.4 is 10.0 Å². The molecule has 0 aliphatic heterocycles. The summed E-state index contributed by atoms with van der Waals surface area (Å²) in [5.41, 5.74) is 0.812. The quantitative estimate of drug-likeness (QED) is 0.646. The molecule has 7 heteroatoms. The van der Waals surface area contributed by atoms with Gasteiger partial charge in [0, 0.05) is 31.7 Å². The second kappa shape index (κ2) is 8.74. The molecule has 0 amide bonds. The first-order chi connectivity index (χ1) is 9.53. The molecule has 116 valence electrons. The van der Waals surface area contributed by atoms with Crippen LogP contribution in [-0.2, 0) is 21.3 Å². The van der Waals surface area contributed by atoms with Gasteiger partial charge in [0.25, 0.3) is 0 Å². The highest BCUT2D eigenvalue weighted by Gasteiger charge is 2.22. The number of methoxy groups -OCH3 is 1. The highest BCUT2D eigenvalue weighted by atomic mass is 32.2. The van der Waals surface area contributed by atoms with Crippen LogP contribution in [0.2, 0.25) is 0 Å². The van der Waals surface area contributed by atoms with Crippen molar-refractivity contribution >= 4 is 21.4 Å². The number of rotatable bonds is 10. The van der Waals surface area contributed by atoms with Crippen LogP contribution >= 0.6 is 11.3 Å². The predicted octanol–water partition coefficient (Wildman–Crippen LogP) is 1.87. The van der Waals surface area contributed by atoms with Crippen molar-refractivity contribution in [2.45, 2.75) is 38.1 Å². The van der Waals surface area contributed by atoms with E-state index < -0.39 is 10.0 Å². The molecule has 0 aromatic carbocycles. The summed E-state index contributed by atoms with van der Waals surface area (Å²) in [4.78, 5) is 1.31. The number of thiophene rings is 1. The Morgan fingerprint density at radius 1 is 1.35 bits per heavy atom. The lowest BCUT2D eigenvalue weighted by molar-refractivity contribution is 0.193. The third kappa shape index (κ3) is 5.14. The van der Waals surface area contributed by atoms with Crippen molar-refractivity contribution in [1.29, 1.82) is 0 Å². The molecular formula is C13H24N2O3S2. The van der Waals surface area contributed by atoms with Crippen LogP contribution in [0.25, 0.3) is 0 Å². The molecule has 0 fully saturated rings. The average Bonchev–Trinajstić information content (AvgIpc) is 2.78. The van der Waals surface area contributed by atoms with Crippen LogP contribution in [0.15, 0.2) is 10.3 Å². The van der Waals surface area contributed by atoms with E-state index in [1.165, 1.54) is 11.3 Å². The van der Waals surface area contributed by atoms with Crippen molar-refractivity contribution in [2.75, 3.05) is 26.8 Å². The highest BCUT2D eigenvalue weighted by molar-refractivity contribution is 7.89. The van der Waals surface area contributed by atoms with E-state index in [0.29, 0.717) is 24.6 Å². The summed E-state index contributed by atoms with van der Waals surface area (Å²) in [5.74, 6) is 0. The Bertz CT molecular complexity index is 498. The summed E-state index contributed by atoms with van der Waals surface area (Å²) in [6.45, 7) is 6.36. The van der Waals surface area contributed by atoms with E-state index in [4.69, 9.17) is 4.74 Å². The molecule has 0 saturated carbocycles.